The summed E-state index contributed by atoms with van der Waals surface area (Å²) >= 11 is 0. The van der Waals surface area contributed by atoms with Crippen LogP contribution in [0.1, 0.15) is 43.7 Å². The van der Waals surface area contributed by atoms with Crippen molar-refractivity contribution in [3.8, 4) is 11.5 Å². The van der Waals surface area contributed by atoms with Crippen molar-refractivity contribution in [2.75, 3.05) is 42.9 Å². The number of morpholine rings is 1. The summed E-state index contributed by atoms with van der Waals surface area (Å²) in [7, 11) is 0. The van der Waals surface area contributed by atoms with E-state index in [1.807, 2.05) is 48.5 Å². The average molecular weight is 597 g/mol. The van der Waals surface area contributed by atoms with E-state index >= 15 is 0 Å². The molecule has 2 amide bonds. The number of hydrogen-bond acceptors (Lipinski definition) is 8. The second-order valence-corrected chi connectivity index (χ2v) is 11.5. The number of rotatable bonds is 8. The highest BCUT2D eigenvalue weighted by Gasteiger charge is 2.35. The zero-order valence-corrected chi connectivity index (χ0v) is 24.6. The molecule has 1 aliphatic carbocycles. The Hall–Kier alpha value is -4.64. The fraction of sp³-hybridized carbons (Fsp3) is 0.394. The van der Waals surface area contributed by atoms with Crippen LogP contribution in [-0.2, 0) is 20.9 Å². The van der Waals surface area contributed by atoms with Gasteiger partial charge in [0.05, 0.1) is 18.7 Å². The summed E-state index contributed by atoms with van der Waals surface area (Å²) in [6.07, 6.45) is 5.18. The normalized spacial score (nSPS) is 17.4. The molecule has 2 fully saturated rings. The van der Waals surface area contributed by atoms with Gasteiger partial charge in [-0.1, -0.05) is 48.7 Å². The van der Waals surface area contributed by atoms with Crippen LogP contribution in [0.4, 0.5) is 11.4 Å². The van der Waals surface area contributed by atoms with Crippen molar-refractivity contribution in [2.24, 2.45) is 0 Å². The van der Waals surface area contributed by atoms with E-state index in [-0.39, 0.29) is 31.2 Å². The Labute approximate surface area is 255 Å². The number of ether oxygens (including phenoxy) is 3. The van der Waals surface area contributed by atoms with Gasteiger partial charge >= 0.3 is 0 Å². The Morgan fingerprint density at radius 3 is 2.52 bits per heavy atom. The van der Waals surface area contributed by atoms with Crippen LogP contribution in [0.3, 0.4) is 0 Å². The van der Waals surface area contributed by atoms with E-state index in [2.05, 4.69) is 20.5 Å². The van der Waals surface area contributed by atoms with Gasteiger partial charge in [0.15, 0.2) is 11.5 Å². The van der Waals surface area contributed by atoms with Crippen LogP contribution >= 0.6 is 0 Å². The van der Waals surface area contributed by atoms with Crippen molar-refractivity contribution in [1.29, 1.82) is 0 Å². The van der Waals surface area contributed by atoms with Gasteiger partial charge in [-0.25, -0.2) is 4.68 Å². The van der Waals surface area contributed by atoms with E-state index in [1.165, 1.54) is 6.42 Å². The van der Waals surface area contributed by atoms with E-state index in [9.17, 15) is 9.59 Å². The number of carbonyl (C=O) groups excluding carboxylic acids is 2. The third-order valence-corrected chi connectivity index (χ3v) is 8.65. The van der Waals surface area contributed by atoms with Gasteiger partial charge in [0.2, 0.25) is 18.6 Å². The number of amides is 2. The van der Waals surface area contributed by atoms with E-state index in [0.717, 1.165) is 50.0 Å². The SMILES string of the molecule is O=C(NC1CCCCC1)[C@@H](c1ccc(N2CCOCC2)cc1)N(C(=O)Cn1nnc2ccccc21)c1ccc2c(c1)OCO2. The first-order valence-electron chi connectivity index (χ1n) is 15.4. The minimum atomic E-state index is -0.932. The fourth-order valence-corrected chi connectivity index (χ4v) is 6.34. The van der Waals surface area contributed by atoms with Gasteiger partial charge in [-0.15, -0.1) is 5.10 Å². The maximum atomic E-state index is 14.4. The molecule has 44 heavy (non-hydrogen) atoms. The van der Waals surface area contributed by atoms with Crippen molar-refractivity contribution in [3.63, 3.8) is 0 Å². The Morgan fingerprint density at radius 1 is 0.932 bits per heavy atom. The molecule has 1 saturated heterocycles. The van der Waals surface area contributed by atoms with Crippen LogP contribution < -0.4 is 24.6 Å². The summed E-state index contributed by atoms with van der Waals surface area (Å²) < 4.78 is 18.3. The fourth-order valence-electron chi connectivity index (χ4n) is 6.34. The monoisotopic (exact) mass is 596 g/mol. The van der Waals surface area contributed by atoms with E-state index in [4.69, 9.17) is 14.2 Å². The zero-order chi connectivity index (χ0) is 29.9. The van der Waals surface area contributed by atoms with E-state index < -0.39 is 6.04 Å². The first-order valence-corrected chi connectivity index (χ1v) is 15.4. The number of nitrogens with one attached hydrogen (secondary N) is 1. The number of hydrogen-bond donors (Lipinski definition) is 1. The highest BCUT2D eigenvalue weighted by atomic mass is 16.7. The summed E-state index contributed by atoms with van der Waals surface area (Å²) in [4.78, 5) is 32.6. The lowest BCUT2D eigenvalue weighted by molar-refractivity contribution is -0.127. The number of carbonyl (C=O) groups is 2. The third-order valence-electron chi connectivity index (χ3n) is 8.65. The molecule has 7 rings (SSSR count). The number of nitrogens with zero attached hydrogens (tertiary/aromatic N) is 5. The lowest BCUT2D eigenvalue weighted by Crippen LogP contribution is -2.48. The van der Waals surface area contributed by atoms with Crippen LogP contribution in [0.5, 0.6) is 11.5 Å². The first kappa shape index (κ1) is 28.1. The van der Waals surface area contributed by atoms with Gasteiger partial charge in [-0.2, -0.15) is 0 Å². The quantitative estimate of drug-likeness (QED) is 0.322. The number of benzene rings is 3. The predicted octanol–water partition coefficient (Wildman–Crippen LogP) is 4.22. The molecule has 3 aliphatic rings. The van der Waals surface area contributed by atoms with Gasteiger partial charge in [0, 0.05) is 36.6 Å². The zero-order valence-electron chi connectivity index (χ0n) is 24.6. The van der Waals surface area contributed by atoms with Gasteiger partial charge in [-0.3, -0.25) is 14.5 Å². The molecule has 0 radical (unpaired) electrons. The van der Waals surface area contributed by atoms with Gasteiger partial charge in [0.25, 0.3) is 0 Å². The molecule has 3 heterocycles. The molecule has 0 unspecified atom stereocenters. The molecule has 228 valence electrons. The second kappa shape index (κ2) is 12.5. The van der Waals surface area contributed by atoms with Crippen molar-refractivity contribution >= 4 is 34.2 Å². The van der Waals surface area contributed by atoms with E-state index in [1.54, 1.807) is 27.8 Å². The molecule has 11 nitrogen and oxygen atoms in total. The smallest absolute Gasteiger partial charge is 0.249 e. The molecule has 4 aromatic rings. The lowest BCUT2D eigenvalue weighted by Gasteiger charge is -2.34. The van der Waals surface area contributed by atoms with Crippen molar-refractivity contribution in [2.45, 2.75) is 50.7 Å². The summed E-state index contributed by atoms with van der Waals surface area (Å²) in [5.74, 6) is 0.605. The summed E-state index contributed by atoms with van der Waals surface area (Å²) in [6.45, 7) is 2.96. The van der Waals surface area contributed by atoms with E-state index in [0.29, 0.717) is 41.5 Å². The molecule has 0 bridgehead atoms. The molecule has 1 aromatic heterocycles. The summed E-state index contributed by atoms with van der Waals surface area (Å²) in [5.41, 5.74) is 3.73. The second-order valence-electron chi connectivity index (χ2n) is 11.5. The highest BCUT2D eigenvalue weighted by molar-refractivity contribution is 6.02. The molecule has 1 atom stereocenters. The summed E-state index contributed by atoms with van der Waals surface area (Å²) in [6, 6.07) is 19.9. The minimum absolute atomic E-state index is 0.0688. The number of anilines is 2. The Bertz CT molecular complexity index is 1630. The van der Waals surface area contributed by atoms with Crippen LogP contribution in [0.25, 0.3) is 11.0 Å². The molecular formula is C33H36N6O5. The van der Waals surface area contributed by atoms with Crippen LogP contribution in [-0.4, -0.2) is 65.9 Å². The molecular weight excluding hydrogens is 560 g/mol. The van der Waals surface area contributed by atoms with Gasteiger partial charge < -0.3 is 24.4 Å². The maximum Gasteiger partial charge on any atom is 0.249 e. The summed E-state index contributed by atoms with van der Waals surface area (Å²) in [5, 5.41) is 11.8. The molecule has 1 saturated carbocycles. The largest absolute Gasteiger partial charge is 0.454 e. The number of para-hydroxylation sites is 1. The number of fused-ring (bicyclic) bond motifs is 2. The van der Waals surface area contributed by atoms with Gasteiger partial charge in [0.1, 0.15) is 18.1 Å². The van der Waals surface area contributed by atoms with Crippen LogP contribution in [0, 0.1) is 0 Å². The number of aromatic nitrogens is 3. The topological polar surface area (TPSA) is 111 Å². The third kappa shape index (κ3) is 5.79. The van der Waals surface area contributed by atoms with Crippen LogP contribution in [0.2, 0.25) is 0 Å². The molecule has 1 N–H and O–H groups in total. The first-order chi connectivity index (χ1) is 21.6. The Morgan fingerprint density at radius 2 is 1.70 bits per heavy atom. The molecule has 3 aromatic carbocycles. The highest BCUT2D eigenvalue weighted by Crippen LogP contribution is 2.39. The Kier molecular flexibility index (Phi) is 8.02. The minimum Gasteiger partial charge on any atom is -0.454 e. The predicted molar refractivity (Wildman–Crippen MR) is 165 cm³/mol. The van der Waals surface area contributed by atoms with Crippen LogP contribution in [0.15, 0.2) is 66.7 Å². The average Bonchev–Trinajstić information content (AvgIpc) is 3.71. The Balaban J connectivity index is 1.28. The lowest BCUT2D eigenvalue weighted by atomic mass is 9.94. The molecule has 0 spiro atoms. The van der Waals surface area contributed by atoms with Gasteiger partial charge in [-0.05, 0) is 54.8 Å². The standard InChI is InChI=1S/C33H36N6O5/c40-31(21-38-28-9-5-4-8-27(28)35-36-38)39(26-14-15-29-30(20-26)44-22-43-29)32(33(41)34-24-6-2-1-3-7-24)23-10-12-25(13-11-23)37-16-18-42-19-17-37/h4-5,8-15,20,24,32H,1-3,6-7,16-19,21-22H2,(H,34,41)/t32-/m1/s1. The molecule has 11 heteroatoms. The van der Waals surface area contributed by atoms with Crippen molar-refractivity contribution in [3.05, 3.63) is 72.3 Å². The maximum absolute atomic E-state index is 14.4. The van der Waals surface area contributed by atoms with Crippen molar-refractivity contribution in [1.82, 2.24) is 20.3 Å². The van der Waals surface area contributed by atoms with Crippen molar-refractivity contribution < 1.29 is 23.8 Å². The molecule has 2 aliphatic heterocycles.